The van der Waals surface area contributed by atoms with E-state index in [2.05, 4.69) is 19.9 Å². The Hall–Kier alpha value is -14.6. The predicted molar refractivity (Wildman–Crippen MR) is 549 cm³/mol. The molecule has 0 radical (unpaired) electrons. The van der Waals surface area contributed by atoms with E-state index in [0.29, 0.717) is 91.8 Å². The Bertz CT molecular complexity index is 6950. The Kier molecular flexibility index (Phi) is 31.5. The average Bonchev–Trinajstić information content (AvgIpc) is 0.730. The zero-order chi connectivity index (χ0) is 102. The van der Waals surface area contributed by atoms with E-state index in [-0.39, 0.29) is 17.1 Å². The number of nitrogens with zero attached hydrogens (tertiary/aromatic N) is 12. The molecule has 0 unspecified atom stereocenters. The minimum atomic E-state index is -10.7. The zero-order valence-electron chi connectivity index (χ0n) is 75.8. The van der Waals surface area contributed by atoms with E-state index in [9.17, 15) is 50.4 Å². The van der Waals surface area contributed by atoms with Crippen LogP contribution in [0.1, 0.15) is 0 Å². The van der Waals surface area contributed by atoms with E-state index < -0.39 is 62.3 Å². The van der Waals surface area contributed by atoms with Gasteiger partial charge in [-0.05, 0) is 241 Å². The number of pyridine rings is 6. The minimum Gasteiger partial charge on any atom is -0.440 e. The van der Waals surface area contributed by atoms with Crippen molar-refractivity contribution >= 4 is 62.3 Å². The first-order valence-electron chi connectivity index (χ1n) is 43.6. The number of hydrogen-bond donors (Lipinski definition) is 0. The maximum atomic E-state index is 9.87. The van der Waals surface area contributed by atoms with E-state index in [4.69, 9.17) is 92.0 Å². The Morgan fingerprint density at radius 3 is 0.503 bits per heavy atom. The van der Waals surface area contributed by atoms with Gasteiger partial charge in [-0.3, -0.25) is 38.0 Å². The molecule has 0 saturated carbocycles. The molecule has 2 atom stereocenters. The molecule has 0 aliphatic carbocycles. The van der Waals surface area contributed by atoms with Crippen LogP contribution in [-0.2, 0) is 17.1 Å². The Morgan fingerprint density at radius 2 is 0.340 bits per heavy atom. The van der Waals surface area contributed by atoms with E-state index in [1.54, 1.807) is 146 Å². The Morgan fingerprint density at radius 1 is 0.184 bits per heavy atom. The SMILES string of the molecule is F[P-](F)(F)(F)(F)F.F[P-](F)(F)(F)(F)F.[Fe+2].c1ccc(OP2(Oc3ccccc3)=N[P+](Oc3ccccc3)(Oc3ccccc3)N=[P@@](Oc3ccccc3)(Oc3ccc(-c4cc(-c5ccccn5)nc(-c5ccccn5)c4)cc3)[N-]2)cc1.c1ccc(OP2(Oc3ccccc3)=N[P+](Oc3ccccc3)(Oc3ccccc3)N=[P@](Oc3ccccc3)(Oc3ccc(-c4cc(-c5ccccn5)nc(-c5ccccn5)c4)cc3)[N-]2)cc1. The quantitative estimate of drug-likeness (QED) is 0.0230. The van der Waals surface area contributed by atoms with Crippen molar-refractivity contribution in [3.8, 4) is 137 Å². The molecule has 20 rings (SSSR count). The molecule has 8 heterocycles. The molecule has 18 aromatic rings. The van der Waals surface area contributed by atoms with Gasteiger partial charge in [0.15, 0.2) is 23.0 Å². The number of halogens is 12. The normalized spacial score (nSPS) is 16.4. The van der Waals surface area contributed by atoms with Crippen molar-refractivity contribution in [2.75, 3.05) is 0 Å². The van der Waals surface area contributed by atoms with Gasteiger partial charge in [0, 0.05) is 42.8 Å². The van der Waals surface area contributed by atoms with E-state index in [0.717, 1.165) is 45.0 Å². The molecular formula is C102H78F12FeN12O12P8. The third-order valence-corrected chi connectivity index (χ3v) is 35.5. The number of benzene rings is 12. The Labute approximate surface area is 846 Å². The van der Waals surface area contributed by atoms with Gasteiger partial charge in [0.1, 0.15) is 46.0 Å². The molecule has 0 N–H and O–H groups in total. The summed E-state index contributed by atoms with van der Waals surface area (Å²) in [5, 5.41) is 0. The number of rotatable bonds is 30. The van der Waals surface area contributed by atoms with Crippen molar-refractivity contribution < 1.29 is 122 Å². The molecule has 0 saturated heterocycles. The van der Waals surface area contributed by atoms with Gasteiger partial charge in [-0.25, -0.2) is 9.97 Å². The summed E-state index contributed by atoms with van der Waals surface area (Å²) in [5.41, 5.74) is 9.29. The standard InChI is InChI=1S/2C51H39N6O6P3.2F6P.Fe/c2*1-6-20-42(21-7-1)58-64(59-43-22-8-2-9-23-43)55-65(60-44-24-10-3-11-25-44,61-45-26-12-4-13-27-45)57-66(56-64,62-46-28-14-5-15-29-46)63-47-34-32-40(33-35-47)41-38-50(48-30-16-18-36-52-48)54-51(39-41)49-31-17-19-37-53-49;2*1-7(2,3,4,5)6;/h2*1-39H;;;/q;;2*-1;+2. The molecule has 45 heteroatoms. The van der Waals surface area contributed by atoms with Crippen LogP contribution in [-0.4, -0.2) is 29.9 Å². The largest absolute Gasteiger partial charge is 2.00 e. The molecule has 0 fully saturated rings. The molecule has 0 spiro atoms. The molecule has 2 aliphatic rings. The van der Waals surface area contributed by atoms with Crippen LogP contribution in [0.2, 0.25) is 0 Å². The first-order valence-corrected chi connectivity index (χ1v) is 56.8. The van der Waals surface area contributed by atoms with Crippen LogP contribution in [0.3, 0.4) is 0 Å². The molecule has 12 aromatic carbocycles. The fourth-order valence-corrected chi connectivity index (χ4v) is 31.5. The maximum absolute atomic E-state index is 10.7. The number of hydrogen-bond acceptors (Lipinski definition) is 22. The summed E-state index contributed by atoms with van der Waals surface area (Å²) >= 11 is 0. The first kappa shape index (κ1) is 105. The van der Waals surface area contributed by atoms with Crippen molar-refractivity contribution in [2.45, 2.75) is 0 Å². The van der Waals surface area contributed by atoms with Crippen LogP contribution >= 0.6 is 62.3 Å². The van der Waals surface area contributed by atoms with Gasteiger partial charge >= 0.3 is 99.1 Å². The van der Waals surface area contributed by atoms with Gasteiger partial charge in [-0.15, -0.1) is 0 Å². The number of para-hydroxylation sites is 10. The van der Waals surface area contributed by atoms with Crippen molar-refractivity contribution in [1.29, 1.82) is 0 Å². The van der Waals surface area contributed by atoms with Gasteiger partial charge in [0.25, 0.3) is 30.6 Å². The van der Waals surface area contributed by atoms with Gasteiger partial charge in [-0.2, -0.15) is 0 Å². The maximum Gasteiger partial charge on any atom is 2.00 e. The summed E-state index contributed by atoms with van der Waals surface area (Å²) in [6.45, 7) is 0. The molecular weight excluding hydrogens is 2120 g/mol. The Balaban J connectivity index is 0.000000185. The summed E-state index contributed by atoms with van der Waals surface area (Å²) in [5.74, 6) is 5.09. The van der Waals surface area contributed by atoms with E-state index in [1.165, 1.54) is 0 Å². The fraction of sp³-hybridized carbons (Fsp3) is 0. The molecule has 6 aromatic heterocycles. The van der Waals surface area contributed by atoms with E-state index >= 15 is 0 Å². The molecule has 0 amide bonds. The average molecular weight is 2200 g/mol. The van der Waals surface area contributed by atoms with Crippen LogP contribution in [0.15, 0.2) is 492 Å². The van der Waals surface area contributed by atoms with Crippen molar-refractivity contribution in [1.82, 2.24) is 29.9 Å². The fourth-order valence-electron chi connectivity index (χ4n) is 13.4. The van der Waals surface area contributed by atoms with Crippen LogP contribution in [0, 0.1) is 0 Å². The summed E-state index contributed by atoms with van der Waals surface area (Å²) in [6, 6.07) is 138. The van der Waals surface area contributed by atoms with Crippen molar-refractivity contribution in [2.24, 2.45) is 18.1 Å². The molecule has 24 nitrogen and oxygen atoms in total. The van der Waals surface area contributed by atoms with Crippen molar-refractivity contribution in [3.05, 3.63) is 483 Å². The van der Waals surface area contributed by atoms with Crippen LogP contribution in [0.4, 0.5) is 50.4 Å². The van der Waals surface area contributed by atoms with Crippen LogP contribution < -0.4 is 54.3 Å². The molecule has 2 aliphatic heterocycles. The second kappa shape index (κ2) is 44.0. The van der Waals surface area contributed by atoms with Gasteiger partial charge in [-0.1, -0.05) is 231 Å². The second-order valence-electron chi connectivity index (χ2n) is 30.8. The summed E-state index contributed by atoms with van der Waals surface area (Å²) in [4.78, 5) is 38.9. The van der Waals surface area contributed by atoms with Crippen LogP contribution in [0.5, 0.6) is 69.0 Å². The molecule has 147 heavy (non-hydrogen) atoms. The molecule has 750 valence electrons. The predicted octanol–water partition coefficient (Wildman–Crippen LogP) is 38.0. The smallest absolute Gasteiger partial charge is 0.440 e. The van der Waals surface area contributed by atoms with E-state index in [1.807, 2.05) is 328 Å². The third kappa shape index (κ3) is 32.2. The summed E-state index contributed by atoms with van der Waals surface area (Å²) in [6.07, 6.45) is 7.00. The van der Waals surface area contributed by atoms with Gasteiger partial charge in [0.05, 0.1) is 45.6 Å². The number of aromatic nitrogens is 6. The first-order chi connectivity index (χ1) is 69.9. The van der Waals surface area contributed by atoms with Crippen molar-refractivity contribution in [3.63, 3.8) is 0 Å². The zero-order valence-corrected chi connectivity index (χ0v) is 84.0. The third-order valence-electron chi connectivity index (χ3n) is 19.2. The second-order valence-corrected chi connectivity index (χ2v) is 47.0. The summed E-state index contributed by atoms with van der Waals surface area (Å²) in [7, 11) is -45.5. The minimum absolute atomic E-state index is 0. The van der Waals surface area contributed by atoms with Gasteiger partial charge in [0.2, 0.25) is 0 Å². The van der Waals surface area contributed by atoms with Crippen LogP contribution in [0.25, 0.3) is 77.5 Å². The summed E-state index contributed by atoms with van der Waals surface area (Å²) < 4.78 is 223. The molecule has 0 bridgehead atoms. The monoisotopic (exact) mass is 2190 g/mol. The topological polar surface area (TPSA) is 266 Å². The van der Waals surface area contributed by atoms with Gasteiger partial charge < -0.3 is 45.9 Å².